The molecule has 19 heavy (non-hydrogen) atoms. The van der Waals surface area contributed by atoms with E-state index in [1.165, 1.54) is 10.4 Å². The molecule has 1 heterocycles. The minimum atomic E-state index is 0.684. The van der Waals surface area contributed by atoms with Gasteiger partial charge in [-0.05, 0) is 35.6 Å². The molecule has 0 aliphatic carbocycles. The lowest BCUT2D eigenvalue weighted by atomic mass is 10.2. The first-order valence-electron chi connectivity index (χ1n) is 6.44. The molecule has 1 aromatic carbocycles. The van der Waals surface area contributed by atoms with Gasteiger partial charge < -0.3 is 10.1 Å². The van der Waals surface area contributed by atoms with E-state index in [1.54, 1.807) is 11.3 Å². The van der Waals surface area contributed by atoms with Crippen LogP contribution in [-0.2, 0) is 13.1 Å². The molecule has 102 valence electrons. The molecule has 0 radical (unpaired) electrons. The quantitative estimate of drug-likeness (QED) is 0.813. The van der Waals surface area contributed by atoms with E-state index >= 15 is 0 Å². The molecule has 0 amide bonds. The summed E-state index contributed by atoms with van der Waals surface area (Å²) < 4.78 is 5.55. The molecule has 2 rings (SSSR count). The van der Waals surface area contributed by atoms with Crippen LogP contribution in [0.5, 0.6) is 5.75 Å². The van der Waals surface area contributed by atoms with Crippen LogP contribution in [0.3, 0.4) is 0 Å². The number of halogens is 1. The van der Waals surface area contributed by atoms with Crippen molar-refractivity contribution in [1.82, 2.24) is 5.32 Å². The van der Waals surface area contributed by atoms with Crippen LogP contribution in [0.2, 0.25) is 5.02 Å². The van der Waals surface area contributed by atoms with E-state index in [0.29, 0.717) is 11.6 Å². The number of hydrogen-bond acceptors (Lipinski definition) is 3. The Hall–Kier alpha value is -1.03. The second-order valence-corrected chi connectivity index (χ2v) is 5.74. The molecule has 1 N–H and O–H groups in total. The molecule has 0 atom stereocenters. The third kappa shape index (κ3) is 4.53. The van der Waals surface area contributed by atoms with Gasteiger partial charge in [0.15, 0.2) is 0 Å². The van der Waals surface area contributed by atoms with E-state index in [4.69, 9.17) is 16.3 Å². The van der Waals surface area contributed by atoms with Crippen LogP contribution in [0.25, 0.3) is 0 Å². The highest BCUT2D eigenvalue weighted by Crippen LogP contribution is 2.25. The number of benzene rings is 1. The first-order valence-corrected chi connectivity index (χ1v) is 7.69. The topological polar surface area (TPSA) is 21.3 Å². The van der Waals surface area contributed by atoms with E-state index in [1.807, 2.05) is 12.1 Å². The summed E-state index contributed by atoms with van der Waals surface area (Å²) in [6.07, 6.45) is 0.987. The summed E-state index contributed by atoms with van der Waals surface area (Å²) in [6, 6.07) is 10.2. The average molecular weight is 296 g/mol. The number of hydrogen-bond donors (Lipinski definition) is 1. The van der Waals surface area contributed by atoms with Gasteiger partial charge in [-0.25, -0.2) is 0 Å². The first-order chi connectivity index (χ1) is 9.29. The normalized spacial score (nSPS) is 10.6. The zero-order chi connectivity index (χ0) is 13.5. The van der Waals surface area contributed by atoms with Crippen LogP contribution >= 0.6 is 22.9 Å². The standard InChI is InChI=1S/C15H18ClNOS/c1-2-7-18-15-6-5-12(9-14(15)16)10-17-11-13-4-3-8-19-13/h3-6,8-9,17H,2,7,10-11H2,1H3. The Morgan fingerprint density at radius 3 is 2.84 bits per heavy atom. The van der Waals surface area contributed by atoms with Gasteiger partial charge in [0.1, 0.15) is 5.75 Å². The molecule has 2 aromatic rings. The highest BCUT2D eigenvalue weighted by molar-refractivity contribution is 7.09. The predicted octanol–water partition coefficient (Wildman–Crippen LogP) is 4.48. The second kappa shape index (κ2) is 7.53. The molecule has 1 aromatic heterocycles. The Kier molecular flexibility index (Phi) is 5.70. The summed E-state index contributed by atoms with van der Waals surface area (Å²) in [5, 5.41) is 6.18. The van der Waals surface area contributed by atoms with Crippen molar-refractivity contribution in [3.63, 3.8) is 0 Å². The first kappa shape index (κ1) is 14.4. The number of ether oxygens (including phenoxy) is 1. The third-order valence-electron chi connectivity index (χ3n) is 2.67. The molecule has 0 aliphatic heterocycles. The van der Waals surface area contributed by atoms with Crippen molar-refractivity contribution < 1.29 is 4.74 Å². The second-order valence-electron chi connectivity index (χ2n) is 4.30. The fourth-order valence-electron chi connectivity index (χ4n) is 1.73. The lowest BCUT2D eigenvalue weighted by molar-refractivity contribution is 0.317. The van der Waals surface area contributed by atoms with E-state index in [2.05, 4.69) is 35.8 Å². The zero-order valence-electron chi connectivity index (χ0n) is 11.0. The summed E-state index contributed by atoms with van der Waals surface area (Å²) in [7, 11) is 0. The molecule has 0 spiro atoms. The number of nitrogens with one attached hydrogen (secondary N) is 1. The van der Waals surface area contributed by atoms with Crippen LogP contribution in [0.4, 0.5) is 0 Å². The molecule has 0 aliphatic rings. The Morgan fingerprint density at radius 2 is 2.16 bits per heavy atom. The summed E-state index contributed by atoms with van der Waals surface area (Å²) in [4.78, 5) is 1.34. The van der Waals surface area contributed by atoms with Crippen molar-refractivity contribution in [2.24, 2.45) is 0 Å². The molecule has 0 bridgehead atoms. The molecule has 0 unspecified atom stereocenters. The smallest absolute Gasteiger partial charge is 0.137 e. The number of rotatable bonds is 7. The third-order valence-corrected chi connectivity index (χ3v) is 3.84. The van der Waals surface area contributed by atoms with Crippen LogP contribution in [0.15, 0.2) is 35.7 Å². The van der Waals surface area contributed by atoms with E-state index in [0.717, 1.165) is 25.3 Å². The lowest BCUT2D eigenvalue weighted by Gasteiger charge is -2.09. The van der Waals surface area contributed by atoms with Crippen molar-refractivity contribution >= 4 is 22.9 Å². The van der Waals surface area contributed by atoms with Crippen LogP contribution in [0, 0.1) is 0 Å². The maximum absolute atomic E-state index is 6.19. The highest BCUT2D eigenvalue weighted by atomic mass is 35.5. The maximum Gasteiger partial charge on any atom is 0.137 e. The van der Waals surface area contributed by atoms with E-state index in [9.17, 15) is 0 Å². The molecule has 2 nitrogen and oxygen atoms in total. The molecule has 0 fully saturated rings. The summed E-state index contributed by atoms with van der Waals surface area (Å²) in [5.41, 5.74) is 1.17. The summed E-state index contributed by atoms with van der Waals surface area (Å²) in [6.45, 7) is 4.49. The summed E-state index contributed by atoms with van der Waals surface area (Å²) >= 11 is 7.96. The van der Waals surface area contributed by atoms with Gasteiger partial charge >= 0.3 is 0 Å². The fourth-order valence-corrected chi connectivity index (χ4v) is 2.66. The van der Waals surface area contributed by atoms with Gasteiger partial charge in [0, 0.05) is 18.0 Å². The van der Waals surface area contributed by atoms with Crippen molar-refractivity contribution in [3.8, 4) is 5.75 Å². The van der Waals surface area contributed by atoms with Gasteiger partial charge in [0.25, 0.3) is 0 Å². The highest BCUT2D eigenvalue weighted by Gasteiger charge is 2.03. The Morgan fingerprint density at radius 1 is 1.26 bits per heavy atom. The van der Waals surface area contributed by atoms with Gasteiger partial charge in [0.05, 0.1) is 11.6 Å². The largest absolute Gasteiger partial charge is 0.492 e. The average Bonchev–Trinajstić information content (AvgIpc) is 2.91. The van der Waals surface area contributed by atoms with E-state index < -0.39 is 0 Å². The Labute approximate surface area is 123 Å². The molecule has 0 saturated carbocycles. The molecular weight excluding hydrogens is 278 g/mol. The molecule has 0 saturated heterocycles. The molecule has 4 heteroatoms. The Balaban J connectivity index is 1.85. The summed E-state index contributed by atoms with van der Waals surface area (Å²) in [5.74, 6) is 0.769. The van der Waals surface area contributed by atoms with Gasteiger partial charge in [-0.1, -0.05) is 30.7 Å². The van der Waals surface area contributed by atoms with Crippen molar-refractivity contribution in [2.45, 2.75) is 26.4 Å². The fraction of sp³-hybridized carbons (Fsp3) is 0.333. The zero-order valence-corrected chi connectivity index (χ0v) is 12.6. The van der Waals surface area contributed by atoms with Crippen LogP contribution < -0.4 is 10.1 Å². The van der Waals surface area contributed by atoms with Crippen molar-refractivity contribution in [3.05, 3.63) is 51.2 Å². The van der Waals surface area contributed by atoms with Crippen LogP contribution in [0.1, 0.15) is 23.8 Å². The van der Waals surface area contributed by atoms with Crippen LogP contribution in [-0.4, -0.2) is 6.61 Å². The number of thiophene rings is 1. The Bertz CT molecular complexity index is 499. The van der Waals surface area contributed by atoms with Crippen molar-refractivity contribution in [2.75, 3.05) is 6.61 Å². The van der Waals surface area contributed by atoms with Gasteiger partial charge in [-0.2, -0.15) is 0 Å². The SMILES string of the molecule is CCCOc1ccc(CNCc2cccs2)cc1Cl. The van der Waals surface area contributed by atoms with E-state index in [-0.39, 0.29) is 0 Å². The monoisotopic (exact) mass is 295 g/mol. The van der Waals surface area contributed by atoms with Gasteiger partial charge in [-0.15, -0.1) is 11.3 Å². The lowest BCUT2D eigenvalue weighted by Crippen LogP contribution is -2.11. The predicted molar refractivity (Wildman–Crippen MR) is 82.1 cm³/mol. The maximum atomic E-state index is 6.19. The van der Waals surface area contributed by atoms with Crippen molar-refractivity contribution in [1.29, 1.82) is 0 Å². The van der Waals surface area contributed by atoms with Gasteiger partial charge in [-0.3, -0.25) is 0 Å². The van der Waals surface area contributed by atoms with Gasteiger partial charge in [0.2, 0.25) is 0 Å². The minimum absolute atomic E-state index is 0.684. The molecular formula is C15H18ClNOS. The minimum Gasteiger partial charge on any atom is -0.492 e.